The predicted molar refractivity (Wildman–Crippen MR) is 77.8 cm³/mol. The minimum Gasteiger partial charge on any atom is -0.480 e. The Balaban J connectivity index is 2.48. The van der Waals surface area contributed by atoms with Crippen LogP contribution in [-0.2, 0) is 4.79 Å². The summed E-state index contributed by atoms with van der Waals surface area (Å²) >= 11 is 0. The zero-order valence-electron chi connectivity index (χ0n) is 12.8. The molecule has 1 rings (SSSR count). The third-order valence-electron chi connectivity index (χ3n) is 4.26. The fraction of sp³-hybridized carbons (Fsp3) is 0.857. The van der Waals surface area contributed by atoms with E-state index in [1.807, 2.05) is 0 Å². The number of hydrogen-bond donors (Lipinski definition) is 2. The second kappa shape index (κ2) is 7.47. The topological polar surface area (TPSA) is 72.9 Å². The number of carboxylic acid groups (broad SMARTS) is 1. The van der Waals surface area contributed by atoms with Crippen LogP contribution in [0.4, 0.5) is 4.79 Å². The van der Waals surface area contributed by atoms with Gasteiger partial charge in [0, 0.05) is 20.1 Å². The lowest BCUT2D eigenvalue weighted by Crippen LogP contribution is -2.57. The van der Waals surface area contributed by atoms with Crippen LogP contribution >= 0.6 is 0 Å². The van der Waals surface area contributed by atoms with Gasteiger partial charge in [-0.05, 0) is 38.8 Å². The average molecular weight is 285 g/mol. The smallest absolute Gasteiger partial charge is 0.329 e. The van der Waals surface area contributed by atoms with Crippen molar-refractivity contribution in [2.45, 2.75) is 45.1 Å². The summed E-state index contributed by atoms with van der Waals surface area (Å²) in [6.07, 6.45) is 3.21. The summed E-state index contributed by atoms with van der Waals surface area (Å²) in [5, 5.41) is 12.0. The number of rotatable bonds is 7. The molecule has 6 nitrogen and oxygen atoms in total. The van der Waals surface area contributed by atoms with Crippen LogP contribution in [0, 0.1) is 0 Å². The van der Waals surface area contributed by atoms with Crippen LogP contribution in [0.5, 0.6) is 0 Å². The van der Waals surface area contributed by atoms with Crippen LogP contribution in [0.3, 0.4) is 0 Å². The molecular weight excluding hydrogens is 258 g/mol. The Kier molecular flexibility index (Phi) is 6.26. The van der Waals surface area contributed by atoms with Gasteiger partial charge in [0.25, 0.3) is 0 Å². The van der Waals surface area contributed by atoms with E-state index in [0.717, 1.165) is 19.6 Å². The van der Waals surface area contributed by atoms with Gasteiger partial charge in [-0.2, -0.15) is 0 Å². The molecule has 0 aromatic heterocycles. The number of aliphatic carboxylic acids is 1. The van der Waals surface area contributed by atoms with Gasteiger partial charge >= 0.3 is 12.0 Å². The molecule has 0 aromatic carbocycles. The van der Waals surface area contributed by atoms with Crippen molar-refractivity contribution in [3.63, 3.8) is 0 Å². The molecule has 6 heteroatoms. The van der Waals surface area contributed by atoms with E-state index in [-0.39, 0.29) is 6.03 Å². The third kappa shape index (κ3) is 4.10. The van der Waals surface area contributed by atoms with Crippen LogP contribution in [-0.4, -0.2) is 65.7 Å². The van der Waals surface area contributed by atoms with E-state index in [0.29, 0.717) is 19.4 Å². The molecule has 0 aliphatic carbocycles. The molecule has 2 amide bonds. The van der Waals surface area contributed by atoms with Crippen molar-refractivity contribution in [3.05, 3.63) is 0 Å². The first-order chi connectivity index (χ1) is 9.45. The van der Waals surface area contributed by atoms with Crippen LogP contribution < -0.4 is 5.32 Å². The molecule has 0 spiro atoms. The molecule has 1 aliphatic rings. The number of likely N-dealkylation sites (tertiary alicyclic amines) is 1. The molecule has 0 radical (unpaired) electrons. The summed E-state index contributed by atoms with van der Waals surface area (Å²) in [4.78, 5) is 27.4. The highest BCUT2D eigenvalue weighted by molar-refractivity contribution is 5.86. The molecular formula is C14H27N3O3. The van der Waals surface area contributed by atoms with Crippen LogP contribution in [0.1, 0.15) is 39.5 Å². The van der Waals surface area contributed by atoms with Crippen LogP contribution in [0.25, 0.3) is 0 Å². The van der Waals surface area contributed by atoms with Gasteiger partial charge in [0.1, 0.15) is 5.54 Å². The van der Waals surface area contributed by atoms with Crippen molar-refractivity contribution in [1.29, 1.82) is 0 Å². The maximum absolute atomic E-state index is 12.1. The molecule has 0 unspecified atom stereocenters. The zero-order valence-corrected chi connectivity index (χ0v) is 12.8. The fourth-order valence-electron chi connectivity index (χ4n) is 2.48. The summed E-state index contributed by atoms with van der Waals surface area (Å²) in [6.45, 7) is 7.22. The lowest BCUT2D eigenvalue weighted by atomic mass is 9.93. The molecule has 0 aromatic rings. The number of amides is 2. The minimum atomic E-state index is -1.15. The van der Waals surface area contributed by atoms with Gasteiger partial charge in [0.15, 0.2) is 0 Å². The van der Waals surface area contributed by atoms with Gasteiger partial charge in [-0.1, -0.05) is 13.8 Å². The highest BCUT2D eigenvalue weighted by Crippen LogP contribution is 2.16. The van der Waals surface area contributed by atoms with Crippen LogP contribution in [0.15, 0.2) is 0 Å². The van der Waals surface area contributed by atoms with Gasteiger partial charge in [-0.25, -0.2) is 9.59 Å². The van der Waals surface area contributed by atoms with Crippen LogP contribution in [0.2, 0.25) is 0 Å². The number of nitrogens with zero attached hydrogens (tertiary/aromatic N) is 2. The molecule has 1 saturated heterocycles. The minimum absolute atomic E-state index is 0.310. The maximum Gasteiger partial charge on any atom is 0.329 e. The first-order valence-electron chi connectivity index (χ1n) is 7.44. The first kappa shape index (κ1) is 16.8. The number of urea groups is 1. The molecule has 2 N–H and O–H groups in total. The van der Waals surface area contributed by atoms with Gasteiger partial charge in [0.05, 0.1) is 0 Å². The van der Waals surface area contributed by atoms with Crippen molar-refractivity contribution >= 4 is 12.0 Å². The number of carboxylic acids is 1. The fourth-order valence-corrected chi connectivity index (χ4v) is 2.48. The predicted octanol–water partition coefficient (Wildman–Crippen LogP) is 1.37. The number of likely N-dealkylation sites (N-methyl/N-ethyl adjacent to an activating group) is 1. The van der Waals surface area contributed by atoms with E-state index in [2.05, 4.69) is 10.2 Å². The Bertz CT molecular complexity index is 337. The van der Waals surface area contributed by atoms with E-state index >= 15 is 0 Å². The maximum atomic E-state index is 12.1. The van der Waals surface area contributed by atoms with Crippen molar-refractivity contribution in [2.24, 2.45) is 0 Å². The Morgan fingerprint density at radius 2 is 1.80 bits per heavy atom. The summed E-state index contributed by atoms with van der Waals surface area (Å²) in [5.41, 5.74) is -1.15. The number of carbonyl (C=O) groups is 2. The highest BCUT2D eigenvalue weighted by atomic mass is 16.4. The first-order valence-corrected chi connectivity index (χ1v) is 7.44. The van der Waals surface area contributed by atoms with Gasteiger partial charge < -0.3 is 20.2 Å². The van der Waals surface area contributed by atoms with Gasteiger partial charge in [0.2, 0.25) is 0 Å². The Hall–Kier alpha value is -1.30. The standard InChI is InChI=1S/C14H27N3O3/c1-4-14(5-2,12(18)19)15-13(20)16(3)10-11-17-8-6-7-9-17/h4-11H2,1-3H3,(H,15,20)(H,18,19). The highest BCUT2D eigenvalue weighted by Gasteiger charge is 2.37. The Labute approximate surface area is 121 Å². The molecule has 116 valence electrons. The summed E-state index contributed by atoms with van der Waals surface area (Å²) in [7, 11) is 1.71. The Morgan fingerprint density at radius 3 is 2.25 bits per heavy atom. The molecule has 0 atom stereocenters. The molecule has 1 aliphatic heterocycles. The van der Waals surface area contributed by atoms with Crippen molar-refractivity contribution in [3.8, 4) is 0 Å². The lowest BCUT2D eigenvalue weighted by Gasteiger charge is -2.31. The van der Waals surface area contributed by atoms with Gasteiger partial charge in [-0.3, -0.25) is 0 Å². The summed E-state index contributed by atoms with van der Waals surface area (Å²) in [6, 6.07) is -0.310. The number of nitrogens with one attached hydrogen (secondary N) is 1. The van der Waals surface area contributed by atoms with E-state index < -0.39 is 11.5 Å². The van der Waals surface area contributed by atoms with Crippen molar-refractivity contribution in [1.82, 2.24) is 15.1 Å². The SMILES string of the molecule is CCC(CC)(NC(=O)N(C)CCN1CCCC1)C(=O)O. The van der Waals surface area contributed by atoms with Gasteiger partial charge in [-0.15, -0.1) is 0 Å². The molecule has 0 saturated carbocycles. The quantitative estimate of drug-likeness (QED) is 0.741. The van der Waals surface area contributed by atoms with Crippen molar-refractivity contribution < 1.29 is 14.7 Å². The largest absolute Gasteiger partial charge is 0.480 e. The molecule has 0 bridgehead atoms. The van der Waals surface area contributed by atoms with E-state index in [4.69, 9.17) is 0 Å². The third-order valence-corrected chi connectivity index (χ3v) is 4.26. The van der Waals surface area contributed by atoms with Crippen molar-refractivity contribution in [2.75, 3.05) is 33.2 Å². The number of hydrogen-bond acceptors (Lipinski definition) is 3. The number of carbonyl (C=O) groups excluding carboxylic acids is 1. The summed E-state index contributed by atoms with van der Waals surface area (Å²) < 4.78 is 0. The monoisotopic (exact) mass is 285 g/mol. The summed E-state index contributed by atoms with van der Waals surface area (Å²) in [5.74, 6) is -0.969. The normalized spacial score (nSPS) is 16.1. The lowest BCUT2D eigenvalue weighted by molar-refractivity contribution is -0.144. The second-order valence-electron chi connectivity index (χ2n) is 5.49. The Morgan fingerprint density at radius 1 is 1.25 bits per heavy atom. The van der Waals surface area contributed by atoms with E-state index in [9.17, 15) is 14.7 Å². The zero-order chi connectivity index (χ0) is 15.2. The second-order valence-corrected chi connectivity index (χ2v) is 5.49. The average Bonchev–Trinajstić information content (AvgIpc) is 2.94. The van der Waals surface area contributed by atoms with E-state index in [1.54, 1.807) is 25.8 Å². The van der Waals surface area contributed by atoms with E-state index in [1.165, 1.54) is 12.8 Å². The molecule has 20 heavy (non-hydrogen) atoms. The molecule has 1 fully saturated rings. The molecule has 1 heterocycles.